The molecule has 0 saturated heterocycles. The number of nitrogens with two attached hydrogens (primary N) is 1. The van der Waals surface area contributed by atoms with Gasteiger partial charge in [0.15, 0.2) is 9.84 Å². The number of nitrogens with zero attached hydrogens (tertiary/aromatic N) is 1. The first-order chi connectivity index (χ1) is 13.3. The Labute approximate surface area is 171 Å². The van der Waals surface area contributed by atoms with E-state index < -0.39 is 50.8 Å². The lowest BCUT2D eigenvalue weighted by Crippen LogP contribution is -2.48. The first-order valence-corrected chi connectivity index (χ1v) is 10.7. The molecule has 0 heterocycles. The van der Waals surface area contributed by atoms with Crippen LogP contribution in [0.25, 0.3) is 0 Å². The first-order valence-electron chi connectivity index (χ1n) is 8.91. The summed E-state index contributed by atoms with van der Waals surface area (Å²) in [6.07, 6.45) is 0. The Morgan fingerprint density at radius 3 is 2.24 bits per heavy atom. The molecule has 0 fully saturated rings. The number of likely N-dealkylation sites (N-methyl/N-ethyl adjacent to an activating group) is 1. The molecule has 0 bridgehead atoms. The minimum absolute atomic E-state index is 0.0536. The molecule has 2 N–H and O–H groups in total. The fourth-order valence-electron chi connectivity index (χ4n) is 2.29. The number of hydrogen-bond donors (Lipinski definition) is 1. The third-order valence-corrected chi connectivity index (χ3v) is 5.04. The summed E-state index contributed by atoms with van der Waals surface area (Å²) < 4.78 is 34.2. The van der Waals surface area contributed by atoms with Crippen LogP contribution in [-0.2, 0) is 40.3 Å². The third kappa shape index (κ3) is 10.0. The van der Waals surface area contributed by atoms with E-state index in [1.807, 2.05) is 6.07 Å². The molecule has 1 rings (SSSR count). The van der Waals surface area contributed by atoms with Crippen LogP contribution in [-0.4, -0.2) is 67.9 Å². The Bertz CT molecular complexity index is 817. The molecule has 0 saturated carbocycles. The van der Waals surface area contributed by atoms with Crippen LogP contribution in [0.3, 0.4) is 0 Å². The summed E-state index contributed by atoms with van der Waals surface area (Å²) in [6.45, 7) is 4.50. The van der Waals surface area contributed by atoms with Gasteiger partial charge >= 0.3 is 11.9 Å². The van der Waals surface area contributed by atoms with Crippen LogP contribution in [0.15, 0.2) is 30.3 Å². The molecule has 9 nitrogen and oxygen atoms in total. The maximum Gasteiger partial charge on any atom is 0.325 e. The van der Waals surface area contributed by atoms with Gasteiger partial charge in [0.1, 0.15) is 24.5 Å². The number of amides is 1. The molecule has 162 valence electrons. The fraction of sp³-hybridized carbons (Fsp3) is 0.526. The van der Waals surface area contributed by atoms with E-state index in [-0.39, 0.29) is 13.2 Å². The van der Waals surface area contributed by atoms with Gasteiger partial charge in [-0.1, -0.05) is 30.3 Å². The van der Waals surface area contributed by atoms with Crippen LogP contribution in [0.2, 0.25) is 0 Å². The summed E-state index contributed by atoms with van der Waals surface area (Å²) in [4.78, 5) is 36.8. The van der Waals surface area contributed by atoms with Crippen molar-refractivity contribution in [1.82, 2.24) is 4.90 Å². The zero-order valence-electron chi connectivity index (χ0n) is 17.1. The van der Waals surface area contributed by atoms with Crippen molar-refractivity contribution in [3.05, 3.63) is 35.9 Å². The van der Waals surface area contributed by atoms with Crippen molar-refractivity contribution in [3.8, 4) is 0 Å². The molecule has 0 aromatic heterocycles. The molecule has 10 heteroatoms. The maximum atomic E-state index is 12.3. The van der Waals surface area contributed by atoms with Crippen molar-refractivity contribution < 1.29 is 32.3 Å². The van der Waals surface area contributed by atoms with Gasteiger partial charge in [0.25, 0.3) is 0 Å². The highest BCUT2D eigenvalue weighted by Crippen LogP contribution is 2.08. The second-order valence-corrected chi connectivity index (χ2v) is 9.70. The zero-order chi connectivity index (χ0) is 22.2. The predicted molar refractivity (Wildman–Crippen MR) is 106 cm³/mol. The number of rotatable bonds is 9. The van der Waals surface area contributed by atoms with E-state index in [1.54, 1.807) is 45.0 Å². The lowest BCUT2D eigenvalue weighted by molar-refractivity contribution is -0.151. The van der Waals surface area contributed by atoms with Gasteiger partial charge in [-0.3, -0.25) is 14.4 Å². The van der Waals surface area contributed by atoms with Crippen molar-refractivity contribution in [2.45, 2.75) is 39.0 Å². The van der Waals surface area contributed by atoms with Gasteiger partial charge < -0.3 is 20.1 Å². The van der Waals surface area contributed by atoms with E-state index in [1.165, 1.54) is 7.05 Å². The van der Waals surface area contributed by atoms with Crippen LogP contribution in [0.4, 0.5) is 0 Å². The highest BCUT2D eigenvalue weighted by molar-refractivity contribution is 7.92. The van der Waals surface area contributed by atoms with E-state index in [9.17, 15) is 22.8 Å². The molecule has 0 aliphatic rings. The Kier molecular flexibility index (Phi) is 8.78. The molecule has 1 amide bonds. The minimum Gasteiger partial charge on any atom is -0.459 e. The van der Waals surface area contributed by atoms with Gasteiger partial charge in [-0.15, -0.1) is 0 Å². The van der Waals surface area contributed by atoms with Gasteiger partial charge in [0.05, 0.1) is 11.8 Å². The molecule has 1 atom stereocenters. The number of sulfone groups is 1. The zero-order valence-corrected chi connectivity index (χ0v) is 17.9. The quantitative estimate of drug-likeness (QED) is 0.554. The normalized spacial score (nSPS) is 12.7. The monoisotopic (exact) mass is 428 g/mol. The summed E-state index contributed by atoms with van der Waals surface area (Å²) >= 11 is 0. The van der Waals surface area contributed by atoms with E-state index in [4.69, 9.17) is 15.2 Å². The van der Waals surface area contributed by atoms with E-state index in [0.29, 0.717) is 0 Å². The largest absolute Gasteiger partial charge is 0.459 e. The van der Waals surface area contributed by atoms with E-state index in [0.717, 1.165) is 10.5 Å². The number of esters is 2. The molecule has 1 aromatic carbocycles. The molecule has 1 unspecified atom stereocenters. The summed E-state index contributed by atoms with van der Waals surface area (Å²) in [6, 6.07) is 7.58. The molecule has 0 spiro atoms. The summed E-state index contributed by atoms with van der Waals surface area (Å²) in [7, 11) is -2.66. The Morgan fingerprint density at radius 2 is 1.69 bits per heavy atom. The Morgan fingerprint density at radius 1 is 1.10 bits per heavy atom. The van der Waals surface area contributed by atoms with Crippen LogP contribution in [0.1, 0.15) is 26.3 Å². The van der Waals surface area contributed by atoms with Crippen LogP contribution >= 0.6 is 0 Å². The summed E-state index contributed by atoms with van der Waals surface area (Å²) in [5.41, 5.74) is 5.64. The molecular formula is C19H28N2O7S. The lowest BCUT2D eigenvalue weighted by Gasteiger charge is -2.21. The molecular weight excluding hydrogens is 400 g/mol. The smallest absolute Gasteiger partial charge is 0.325 e. The van der Waals surface area contributed by atoms with E-state index >= 15 is 0 Å². The molecule has 0 aliphatic heterocycles. The van der Waals surface area contributed by atoms with Gasteiger partial charge in [0.2, 0.25) is 5.91 Å². The summed E-state index contributed by atoms with van der Waals surface area (Å²) in [5, 5.41) is 0. The van der Waals surface area contributed by atoms with Crippen molar-refractivity contribution in [2.75, 3.05) is 25.1 Å². The van der Waals surface area contributed by atoms with Crippen LogP contribution < -0.4 is 5.73 Å². The highest BCUT2D eigenvalue weighted by atomic mass is 32.2. The van der Waals surface area contributed by atoms with Gasteiger partial charge in [-0.25, -0.2) is 8.42 Å². The number of carbonyl (C=O) groups is 3. The average molecular weight is 429 g/mol. The van der Waals surface area contributed by atoms with Gasteiger partial charge in [0, 0.05) is 7.05 Å². The van der Waals surface area contributed by atoms with Crippen molar-refractivity contribution in [2.24, 2.45) is 5.73 Å². The van der Waals surface area contributed by atoms with Crippen molar-refractivity contribution in [1.29, 1.82) is 0 Å². The number of benzene rings is 1. The van der Waals surface area contributed by atoms with Gasteiger partial charge in [-0.2, -0.15) is 0 Å². The number of carbonyl (C=O) groups excluding carboxylic acids is 3. The average Bonchev–Trinajstić information content (AvgIpc) is 2.57. The second-order valence-electron chi connectivity index (χ2n) is 7.59. The van der Waals surface area contributed by atoms with Crippen molar-refractivity contribution in [3.63, 3.8) is 0 Å². The van der Waals surface area contributed by atoms with Crippen molar-refractivity contribution >= 4 is 27.7 Å². The van der Waals surface area contributed by atoms with Crippen LogP contribution in [0.5, 0.6) is 0 Å². The molecule has 0 aliphatic carbocycles. The van der Waals surface area contributed by atoms with E-state index in [2.05, 4.69) is 0 Å². The molecule has 29 heavy (non-hydrogen) atoms. The fourth-order valence-corrected chi connectivity index (χ4v) is 3.52. The standard InChI is InChI=1S/C19H28N2O7S/c1-19(2,3)28-17(23)13-29(25,26)12-15(20)18(24)21(4)10-16(22)27-11-14-8-6-5-7-9-14/h5-9,15H,10-13,20H2,1-4H3. The number of hydrogen-bond acceptors (Lipinski definition) is 8. The Balaban J connectivity index is 2.52. The van der Waals surface area contributed by atoms with Gasteiger partial charge in [-0.05, 0) is 26.3 Å². The predicted octanol–water partition coefficient (Wildman–Crippen LogP) is 0.272. The first kappa shape index (κ1) is 24.6. The Hall–Kier alpha value is -2.46. The molecule has 0 radical (unpaired) electrons. The molecule has 1 aromatic rings. The van der Waals surface area contributed by atoms with Crippen LogP contribution in [0, 0.1) is 0 Å². The topological polar surface area (TPSA) is 133 Å². The minimum atomic E-state index is -3.97. The summed E-state index contributed by atoms with van der Waals surface area (Å²) in [5.74, 6) is -3.96. The SMILES string of the molecule is CN(CC(=O)OCc1ccccc1)C(=O)C(N)CS(=O)(=O)CC(=O)OC(C)(C)C. The number of ether oxygens (including phenoxy) is 2. The highest BCUT2D eigenvalue weighted by Gasteiger charge is 2.29. The lowest BCUT2D eigenvalue weighted by atomic mass is 10.2. The third-order valence-electron chi connectivity index (χ3n) is 3.49. The maximum absolute atomic E-state index is 12.3. The second kappa shape index (κ2) is 10.4.